The predicted molar refractivity (Wildman–Crippen MR) is 147 cm³/mol. The van der Waals surface area contributed by atoms with Crippen molar-refractivity contribution in [2.24, 2.45) is 0 Å². The first-order valence-electron chi connectivity index (χ1n) is 12.7. The van der Waals surface area contributed by atoms with Crippen molar-refractivity contribution in [3.05, 3.63) is 90.4 Å². The second kappa shape index (κ2) is 11.9. The minimum absolute atomic E-state index is 0.0489. The number of aliphatic carboxylic acids is 1. The SMILES string of the molecule is N#C[C@@]1(c2ccc3c(N)ncnn23)O[C@H](COP(=O)(NC(Cc2ccccc2)C(=O)O)Oc2ccccc2)[C@@H](O)[C@H]1O. The number of fused-ring (bicyclic) bond motifs is 1. The molecule has 2 aromatic heterocycles. The number of hydrogen-bond acceptors (Lipinski definition) is 11. The zero-order valence-corrected chi connectivity index (χ0v) is 22.8. The molecule has 6 atom stereocenters. The maximum absolute atomic E-state index is 14.0. The van der Waals surface area contributed by atoms with Gasteiger partial charge in [0, 0.05) is 0 Å². The number of anilines is 1. The largest absolute Gasteiger partial charge is 0.480 e. The second-order valence-corrected chi connectivity index (χ2v) is 11.2. The maximum atomic E-state index is 14.0. The van der Waals surface area contributed by atoms with Crippen LogP contribution in [0, 0.1) is 11.3 Å². The first-order valence-corrected chi connectivity index (χ1v) is 14.3. The summed E-state index contributed by atoms with van der Waals surface area (Å²) in [7, 11) is -4.47. The van der Waals surface area contributed by atoms with Crippen molar-refractivity contribution in [2.75, 3.05) is 12.3 Å². The van der Waals surface area contributed by atoms with E-state index in [1.54, 1.807) is 48.5 Å². The van der Waals surface area contributed by atoms with Gasteiger partial charge in [0.25, 0.3) is 0 Å². The molecule has 5 rings (SSSR count). The van der Waals surface area contributed by atoms with E-state index in [1.807, 2.05) is 6.07 Å². The van der Waals surface area contributed by atoms with Crippen molar-refractivity contribution >= 4 is 25.1 Å². The van der Waals surface area contributed by atoms with Gasteiger partial charge in [-0.15, -0.1) is 0 Å². The molecule has 2 aromatic carbocycles. The Morgan fingerprint density at radius 1 is 1.17 bits per heavy atom. The number of aliphatic hydroxyl groups excluding tert-OH is 2. The fourth-order valence-corrected chi connectivity index (χ4v) is 6.17. The quantitative estimate of drug-likeness (QED) is 0.156. The normalized spacial score (nSPS) is 24.1. The van der Waals surface area contributed by atoms with Gasteiger partial charge in [-0.1, -0.05) is 48.5 Å². The summed E-state index contributed by atoms with van der Waals surface area (Å²) in [5.74, 6) is -1.07. The van der Waals surface area contributed by atoms with E-state index in [-0.39, 0.29) is 23.7 Å². The average molecular weight is 595 g/mol. The van der Waals surface area contributed by atoms with Crippen molar-refractivity contribution < 1.29 is 38.5 Å². The third kappa shape index (κ3) is 5.70. The van der Waals surface area contributed by atoms with Crippen LogP contribution in [0.1, 0.15) is 11.3 Å². The third-order valence-corrected chi connectivity index (χ3v) is 8.33. The zero-order valence-electron chi connectivity index (χ0n) is 21.9. The van der Waals surface area contributed by atoms with E-state index in [1.165, 1.54) is 28.8 Å². The highest BCUT2D eigenvalue weighted by molar-refractivity contribution is 7.52. The van der Waals surface area contributed by atoms with E-state index in [0.29, 0.717) is 11.1 Å². The van der Waals surface area contributed by atoms with Gasteiger partial charge in [-0.05, 0) is 36.2 Å². The van der Waals surface area contributed by atoms with Crippen molar-refractivity contribution in [1.82, 2.24) is 19.7 Å². The number of ether oxygens (including phenoxy) is 1. The first-order chi connectivity index (χ1) is 20.2. The van der Waals surface area contributed by atoms with Gasteiger partial charge in [0.15, 0.2) is 5.82 Å². The van der Waals surface area contributed by atoms with Gasteiger partial charge in [0.2, 0.25) is 5.60 Å². The lowest BCUT2D eigenvalue weighted by Gasteiger charge is -2.26. The number of aromatic nitrogens is 3. The van der Waals surface area contributed by atoms with Crippen molar-refractivity contribution in [2.45, 2.75) is 36.4 Å². The summed E-state index contributed by atoms with van der Waals surface area (Å²) in [6.45, 7) is -0.656. The number of nitrogens with two attached hydrogens (primary N) is 1. The third-order valence-electron chi connectivity index (χ3n) is 6.76. The van der Waals surface area contributed by atoms with Crippen LogP contribution < -0.4 is 15.3 Å². The van der Waals surface area contributed by atoms with Gasteiger partial charge in [0.05, 0.1) is 12.3 Å². The monoisotopic (exact) mass is 594 g/mol. The van der Waals surface area contributed by atoms with Crippen LogP contribution in [0.3, 0.4) is 0 Å². The van der Waals surface area contributed by atoms with Crippen LogP contribution in [0.25, 0.3) is 5.52 Å². The lowest BCUT2D eigenvalue weighted by Crippen LogP contribution is -2.41. The lowest BCUT2D eigenvalue weighted by atomic mass is 9.92. The number of benzene rings is 2. The molecule has 15 heteroatoms. The van der Waals surface area contributed by atoms with Gasteiger partial charge in [0.1, 0.15) is 48.0 Å². The number of para-hydroxylation sites is 1. The van der Waals surface area contributed by atoms with Gasteiger partial charge in [-0.25, -0.2) is 14.1 Å². The molecule has 4 aromatic rings. The number of carboxylic acid groups (broad SMARTS) is 1. The molecule has 6 N–H and O–H groups in total. The summed E-state index contributed by atoms with van der Waals surface area (Å²) >= 11 is 0. The van der Waals surface area contributed by atoms with Crippen molar-refractivity contribution in [3.63, 3.8) is 0 Å². The highest BCUT2D eigenvalue weighted by atomic mass is 31.2. The summed E-state index contributed by atoms with van der Waals surface area (Å²) in [6.07, 6.45) is -3.74. The fourth-order valence-electron chi connectivity index (χ4n) is 4.66. The second-order valence-electron chi connectivity index (χ2n) is 9.51. The highest BCUT2D eigenvalue weighted by Crippen LogP contribution is 2.47. The highest BCUT2D eigenvalue weighted by Gasteiger charge is 2.58. The van der Waals surface area contributed by atoms with E-state index in [0.717, 1.165) is 6.33 Å². The number of aliphatic hydroxyl groups is 2. The minimum atomic E-state index is -4.47. The number of nitrogens with one attached hydrogen (secondary N) is 1. The van der Waals surface area contributed by atoms with Gasteiger partial charge >= 0.3 is 13.7 Å². The Labute approximate surface area is 239 Å². The van der Waals surface area contributed by atoms with E-state index in [9.17, 15) is 29.9 Å². The Kier molecular flexibility index (Phi) is 8.24. The minimum Gasteiger partial charge on any atom is -0.480 e. The van der Waals surface area contributed by atoms with Gasteiger partial charge in [-0.3, -0.25) is 9.32 Å². The van der Waals surface area contributed by atoms with Crippen LogP contribution in [0.5, 0.6) is 5.75 Å². The Balaban J connectivity index is 1.40. The van der Waals surface area contributed by atoms with Crippen LogP contribution in [0.4, 0.5) is 5.82 Å². The molecule has 0 amide bonds. The zero-order chi connectivity index (χ0) is 29.9. The molecule has 1 saturated heterocycles. The summed E-state index contributed by atoms with van der Waals surface area (Å²) in [6, 6.07) is 20.2. The van der Waals surface area contributed by atoms with Crippen LogP contribution in [0.2, 0.25) is 0 Å². The van der Waals surface area contributed by atoms with Gasteiger partial charge in [-0.2, -0.15) is 15.4 Å². The predicted octanol–water partition coefficient (Wildman–Crippen LogP) is 1.64. The molecule has 0 bridgehead atoms. The molecule has 42 heavy (non-hydrogen) atoms. The molecule has 1 fully saturated rings. The molecule has 3 heterocycles. The fraction of sp³-hybridized carbons (Fsp3) is 0.259. The number of nitriles is 1. The van der Waals surface area contributed by atoms with Crippen LogP contribution >= 0.6 is 7.75 Å². The molecule has 2 unspecified atom stereocenters. The Bertz CT molecular complexity index is 1650. The van der Waals surface area contributed by atoms with Crippen LogP contribution in [-0.2, 0) is 30.6 Å². The molecule has 218 valence electrons. The molecular formula is C27H27N6O8P. The number of carboxylic acids is 1. The number of carbonyl (C=O) groups is 1. The number of rotatable bonds is 11. The molecule has 1 aliphatic rings. The van der Waals surface area contributed by atoms with Crippen LogP contribution in [0.15, 0.2) is 79.1 Å². The topological polar surface area (TPSA) is 215 Å². The molecule has 1 aliphatic heterocycles. The standard InChI is InChI=1S/C27H27N6O8P/c28-15-27(22-12-11-20-25(29)30-16-31-33(20)22)24(35)23(34)21(40-27)14-39-42(38,41-18-9-5-2-6-10-18)32-19(26(36)37)13-17-7-3-1-4-8-17/h1-12,16,19,21,23-24,34-35H,13-14H2,(H,32,38)(H,36,37)(H2,29,30,31)/t19?,21-,23-,24-,27+,42?/m1/s1. The molecular weight excluding hydrogens is 567 g/mol. The smallest absolute Gasteiger partial charge is 0.459 e. The molecule has 0 spiro atoms. The molecule has 0 aliphatic carbocycles. The van der Waals surface area contributed by atoms with E-state index < -0.39 is 50.3 Å². The number of nitrogen functional groups attached to an aromatic ring is 1. The molecule has 14 nitrogen and oxygen atoms in total. The van der Waals surface area contributed by atoms with Crippen LogP contribution in [-0.4, -0.2) is 66.8 Å². The first kappa shape index (κ1) is 29.2. The summed E-state index contributed by atoms with van der Waals surface area (Å²) in [5, 5.41) is 48.5. The van der Waals surface area contributed by atoms with Gasteiger partial charge < -0.3 is 30.3 Å². The summed E-state index contributed by atoms with van der Waals surface area (Å²) < 4.78 is 32.4. The van der Waals surface area contributed by atoms with Crippen molar-refractivity contribution in [1.29, 1.82) is 5.26 Å². The van der Waals surface area contributed by atoms with Crippen molar-refractivity contribution in [3.8, 4) is 11.8 Å². The summed E-state index contributed by atoms with van der Waals surface area (Å²) in [5.41, 5.74) is 4.84. The Morgan fingerprint density at radius 3 is 2.52 bits per heavy atom. The summed E-state index contributed by atoms with van der Waals surface area (Å²) in [4.78, 5) is 16.0. The maximum Gasteiger partial charge on any atom is 0.459 e. The number of nitrogens with zero attached hydrogens (tertiary/aromatic N) is 4. The van der Waals surface area contributed by atoms with E-state index >= 15 is 0 Å². The van der Waals surface area contributed by atoms with E-state index in [4.69, 9.17) is 19.5 Å². The Hall–Kier alpha value is -4.35. The van der Waals surface area contributed by atoms with E-state index in [2.05, 4.69) is 15.2 Å². The molecule has 0 saturated carbocycles. The lowest BCUT2D eigenvalue weighted by molar-refractivity contribution is -0.139. The Morgan fingerprint density at radius 2 is 1.86 bits per heavy atom. The number of hydrogen-bond donors (Lipinski definition) is 5. The molecule has 0 radical (unpaired) electrons. The average Bonchev–Trinajstić information content (AvgIpc) is 3.53.